The Labute approximate surface area is 104 Å². The SMILES string of the molecule is NC(=O)c1noc(-c2ccc(C(F)(F)F)cc2N)n1. The van der Waals surface area contributed by atoms with E-state index in [1.165, 1.54) is 0 Å². The second-order valence-corrected chi connectivity index (χ2v) is 3.59. The predicted molar refractivity (Wildman–Crippen MR) is 57.7 cm³/mol. The first-order valence-corrected chi connectivity index (χ1v) is 4.89. The molecular weight excluding hydrogens is 265 g/mol. The van der Waals surface area contributed by atoms with Gasteiger partial charge in [0.1, 0.15) is 0 Å². The standard InChI is InChI=1S/C10H7F3N4O2/c11-10(12,13)4-1-2-5(6(14)3-4)9-16-8(7(15)18)17-19-9/h1-3H,14H2,(H2,15,18). The lowest BCUT2D eigenvalue weighted by molar-refractivity contribution is -0.137. The lowest BCUT2D eigenvalue weighted by Crippen LogP contribution is -2.12. The fourth-order valence-corrected chi connectivity index (χ4v) is 1.37. The van der Waals surface area contributed by atoms with Gasteiger partial charge in [-0.3, -0.25) is 4.79 Å². The van der Waals surface area contributed by atoms with Crippen LogP contribution in [0.25, 0.3) is 11.5 Å². The maximum Gasteiger partial charge on any atom is 0.416 e. The molecule has 4 N–H and O–H groups in total. The summed E-state index contributed by atoms with van der Waals surface area (Å²) in [4.78, 5) is 14.4. The summed E-state index contributed by atoms with van der Waals surface area (Å²) in [6.07, 6.45) is -4.50. The highest BCUT2D eigenvalue weighted by atomic mass is 19.4. The van der Waals surface area contributed by atoms with Crippen molar-refractivity contribution in [2.24, 2.45) is 5.73 Å². The lowest BCUT2D eigenvalue weighted by Gasteiger charge is -2.08. The van der Waals surface area contributed by atoms with Crippen LogP contribution < -0.4 is 11.5 Å². The molecule has 6 nitrogen and oxygen atoms in total. The number of nitrogen functional groups attached to an aromatic ring is 1. The van der Waals surface area contributed by atoms with Gasteiger partial charge in [0.25, 0.3) is 17.6 Å². The number of nitrogens with two attached hydrogens (primary N) is 2. The summed E-state index contributed by atoms with van der Waals surface area (Å²) in [6, 6.07) is 2.64. The summed E-state index contributed by atoms with van der Waals surface area (Å²) in [5.41, 5.74) is 9.40. The second kappa shape index (κ2) is 4.26. The van der Waals surface area contributed by atoms with Crippen LogP contribution in [0, 0.1) is 0 Å². The quantitative estimate of drug-likeness (QED) is 0.804. The number of amides is 1. The Bertz CT molecular complexity index is 636. The first kappa shape index (κ1) is 12.9. The molecule has 1 amide bonds. The van der Waals surface area contributed by atoms with E-state index in [9.17, 15) is 18.0 Å². The summed E-state index contributed by atoms with van der Waals surface area (Å²) >= 11 is 0. The molecule has 0 atom stereocenters. The van der Waals surface area contributed by atoms with Crippen LogP contribution in [-0.4, -0.2) is 16.0 Å². The molecule has 0 unspecified atom stereocenters. The molecule has 0 aliphatic heterocycles. The van der Waals surface area contributed by atoms with E-state index in [1.807, 2.05) is 0 Å². The molecule has 2 rings (SSSR count). The molecule has 0 saturated carbocycles. The summed E-state index contributed by atoms with van der Waals surface area (Å²) < 4.78 is 42.0. The van der Waals surface area contributed by atoms with E-state index in [0.29, 0.717) is 0 Å². The van der Waals surface area contributed by atoms with E-state index in [1.54, 1.807) is 0 Å². The number of carbonyl (C=O) groups excluding carboxylic acids is 1. The van der Waals surface area contributed by atoms with Gasteiger partial charge >= 0.3 is 6.18 Å². The molecule has 0 saturated heterocycles. The molecular formula is C10H7F3N4O2. The van der Waals surface area contributed by atoms with Crippen LogP contribution >= 0.6 is 0 Å². The summed E-state index contributed by atoms with van der Waals surface area (Å²) in [6.45, 7) is 0. The van der Waals surface area contributed by atoms with E-state index in [4.69, 9.17) is 16.0 Å². The number of hydrogen-bond acceptors (Lipinski definition) is 5. The third-order valence-electron chi connectivity index (χ3n) is 2.26. The van der Waals surface area contributed by atoms with Crippen LogP contribution in [0.2, 0.25) is 0 Å². The van der Waals surface area contributed by atoms with Crippen LogP contribution in [0.1, 0.15) is 16.2 Å². The molecule has 2 aromatic rings. The summed E-state index contributed by atoms with van der Waals surface area (Å²) in [5.74, 6) is -1.48. The average Bonchev–Trinajstić information content (AvgIpc) is 2.76. The van der Waals surface area contributed by atoms with Gasteiger partial charge in [0, 0.05) is 5.69 Å². The number of anilines is 1. The lowest BCUT2D eigenvalue weighted by atomic mass is 10.1. The van der Waals surface area contributed by atoms with Gasteiger partial charge in [-0.1, -0.05) is 5.16 Å². The zero-order valence-corrected chi connectivity index (χ0v) is 9.23. The van der Waals surface area contributed by atoms with Crippen molar-refractivity contribution in [3.05, 3.63) is 29.6 Å². The first-order chi connectivity index (χ1) is 8.79. The van der Waals surface area contributed by atoms with Crippen molar-refractivity contribution in [3.63, 3.8) is 0 Å². The molecule has 0 bridgehead atoms. The van der Waals surface area contributed by atoms with Crippen LogP contribution in [0.4, 0.5) is 18.9 Å². The van der Waals surface area contributed by atoms with Gasteiger partial charge in [-0.05, 0) is 18.2 Å². The van der Waals surface area contributed by atoms with Gasteiger partial charge < -0.3 is 16.0 Å². The van der Waals surface area contributed by atoms with Crippen molar-refractivity contribution in [2.75, 3.05) is 5.73 Å². The Kier molecular flexibility index (Phi) is 2.89. The molecule has 100 valence electrons. The fourth-order valence-electron chi connectivity index (χ4n) is 1.37. The molecule has 0 spiro atoms. The van der Waals surface area contributed by atoms with Gasteiger partial charge in [-0.15, -0.1) is 0 Å². The number of primary amides is 1. The summed E-state index contributed by atoms with van der Waals surface area (Å²) in [7, 11) is 0. The van der Waals surface area contributed by atoms with Gasteiger partial charge in [-0.25, -0.2) is 0 Å². The first-order valence-electron chi connectivity index (χ1n) is 4.89. The Morgan fingerprint density at radius 3 is 2.47 bits per heavy atom. The number of nitrogens with zero attached hydrogens (tertiary/aromatic N) is 2. The molecule has 19 heavy (non-hydrogen) atoms. The fraction of sp³-hybridized carbons (Fsp3) is 0.100. The van der Waals surface area contributed by atoms with Crippen molar-refractivity contribution in [2.45, 2.75) is 6.18 Å². The Hall–Kier alpha value is -2.58. The molecule has 0 aliphatic carbocycles. The Morgan fingerprint density at radius 2 is 2.00 bits per heavy atom. The van der Waals surface area contributed by atoms with Crippen molar-refractivity contribution < 1.29 is 22.5 Å². The Balaban J connectivity index is 2.43. The van der Waals surface area contributed by atoms with Crippen molar-refractivity contribution in [1.82, 2.24) is 10.1 Å². The zero-order valence-electron chi connectivity index (χ0n) is 9.23. The maximum atomic E-state index is 12.4. The number of hydrogen-bond donors (Lipinski definition) is 2. The van der Waals surface area contributed by atoms with Crippen LogP contribution in [0.5, 0.6) is 0 Å². The minimum absolute atomic E-state index is 0.0907. The molecule has 0 aliphatic rings. The van der Waals surface area contributed by atoms with Crippen LogP contribution in [0.3, 0.4) is 0 Å². The zero-order chi connectivity index (χ0) is 14.2. The second-order valence-electron chi connectivity index (χ2n) is 3.59. The number of carbonyl (C=O) groups is 1. The highest BCUT2D eigenvalue weighted by Gasteiger charge is 2.31. The number of alkyl halides is 3. The third kappa shape index (κ3) is 2.49. The van der Waals surface area contributed by atoms with E-state index in [2.05, 4.69) is 10.1 Å². The van der Waals surface area contributed by atoms with Crippen molar-refractivity contribution >= 4 is 11.6 Å². The minimum atomic E-state index is -4.50. The Morgan fingerprint density at radius 1 is 1.32 bits per heavy atom. The average molecular weight is 272 g/mol. The predicted octanol–water partition coefficient (Wildman–Crippen LogP) is 1.44. The van der Waals surface area contributed by atoms with E-state index in [0.717, 1.165) is 18.2 Å². The molecule has 1 heterocycles. The summed E-state index contributed by atoms with van der Waals surface area (Å²) in [5, 5.41) is 3.27. The van der Waals surface area contributed by atoms with Crippen molar-refractivity contribution in [3.8, 4) is 11.5 Å². The molecule has 9 heteroatoms. The van der Waals surface area contributed by atoms with Crippen LogP contribution in [0.15, 0.2) is 22.7 Å². The molecule has 0 fully saturated rings. The van der Waals surface area contributed by atoms with E-state index in [-0.39, 0.29) is 23.0 Å². The highest BCUT2D eigenvalue weighted by molar-refractivity contribution is 5.89. The largest absolute Gasteiger partial charge is 0.416 e. The maximum absolute atomic E-state index is 12.4. The molecule has 1 aromatic heterocycles. The third-order valence-corrected chi connectivity index (χ3v) is 2.26. The molecule has 0 radical (unpaired) electrons. The van der Waals surface area contributed by atoms with Gasteiger partial charge in [0.2, 0.25) is 0 Å². The number of halogens is 3. The van der Waals surface area contributed by atoms with Crippen LogP contribution in [-0.2, 0) is 6.18 Å². The van der Waals surface area contributed by atoms with Gasteiger partial charge in [0.15, 0.2) is 0 Å². The minimum Gasteiger partial charge on any atom is -0.398 e. The van der Waals surface area contributed by atoms with E-state index < -0.39 is 17.6 Å². The number of aromatic nitrogens is 2. The van der Waals surface area contributed by atoms with Gasteiger partial charge in [0.05, 0.1) is 11.1 Å². The number of rotatable bonds is 2. The monoisotopic (exact) mass is 272 g/mol. The normalized spacial score (nSPS) is 11.5. The smallest absolute Gasteiger partial charge is 0.398 e. The topological polar surface area (TPSA) is 108 Å². The highest BCUT2D eigenvalue weighted by Crippen LogP contribution is 2.33. The molecule has 1 aromatic carbocycles. The van der Waals surface area contributed by atoms with Gasteiger partial charge in [-0.2, -0.15) is 18.2 Å². The number of benzene rings is 1. The van der Waals surface area contributed by atoms with Crippen molar-refractivity contribution in [1.29, 1.82) is 0 Å². The van der Waals surface area contributed by atoms with E-state index >= 15 is 0 Å².